The average molecular weight is 259 g/mol. The number of nitrogens with zero attached hydrogens (tertiary/aromatic N) is 2. The molecule has 0 spiro atoms. The summed E-state index contributed by atoms with van der Waals surface area (Å²) in [4.78, 5) is 11.8. The number of aryl methyl sites for hydroxylation is 1. The number of amides is 1. The van der Waals surface area contributed by atoms with Crippen LogP contribution in [0.1, 0.15) is 25.0 Å². The molecule has 1 aromatic rings. The van der Waals surface area contributed by atoms with Crippen molar-refractivity contribution in [3.8, 4) is 0 Å². The Labute approximate surface area is 107 Å². The van der Waals surface area contributed by atoms with E-state index in [1.54, 1.807) is 10.9 Å². The van der Waals surface area contributed by atoms with Gasteiger partial charge in [-0.2, -0.15) is 5.10 Å². The Morgan fingerprint density at radius 2 is 2.47 bits per heavy atom. The first-order chi connectivity index (χ1) is 7.77. The molecular formula is C11H19ClN4O. The molecule has 0 bridgehead atoms. The zero-order valence-corrected chi connectivity index (χ0v) is 10.8. The van der Waals surface area contributed by atoms with E-state index in [0.717, 1.165) is 25.1 Å². The average Bonchev–Trinajstić information content (AvgIpc) is 2.73. The minimum atomic E-state index is -0.0121. The number of carbonyl (C=O) groups excluding carboxylic acids is 1. The molecule has 1 saturated heterocycles. The zero-order chi connectivity index (χ0) is 11.4. The first-order valence-electron chi connectivity index (χ1n) is 5.75. The highest BCUT2D eigenvalue weighted by atomic mass is 35.5. The molecule has 5 nitrogen and oxygen atoms in total. The molecule has 0 aromatic carbocycles. The first kappa shape index (κ1) is 14.0. The predicted octanol–water partition coefficient (Wildman–Crippen LogP) is 0.600. The fraction of sp³-hybridized carbons (Fsp3) is 0.636. The largest absolute Gasteiger partial charge is 0.349 e. The lowest BCUT2D eigenvalue weighted by molar-refractivity contribution is -0.123. The molecule has 1 aliphatic heterocycles. The maximum absolute atomic E-state index is 11.8. The molecule has 0 unspecified atom stereocenters. The van der Waals surface area contributed by atoms with E-state index in [2.05, 4.69) is 15.7 Å². The number of rotatable bonds is 3. The Morgan fingerprint density at radius 1 is 1.65 bits per heavy atom. The third kappa shape index (κ3) is 3.71. The molecule has 2 rings (SSSR count). The van der Waals surface area contributed by atoms with Crippen LogP contribution >= 0.6 is 12.4 Å². The van der Waals surface area contributed by atoms with Crippen molar-refractivity contribution in [3.05, 3.63) is 18.0 Å². The molecule has 1 atom stereocenters. The van der Waals surface area contributed by atoms with Crippen LogP contribution < -0.4 is 10.6 Å². The van der Waals surface area contributed by atoms with Crippen LogP contribution in [0, 0.1) is 0 Å². The van der Waals surface area contributed by atoms with E-state index < -0.39 is 0 Å². The molecule has 0 radical (unpaired) electrons. The van der Waals surface area contributed by atoms with Crippen molar-refractivity contribution < 1.29 is 4.79 Å². The van der Waals surface area contributed by atoms with Gasteiger partial charge >= 0.3 is 0 Å². The van der Waals surface area contributed by atoms with Crippen molar-refractivity contribution in [2.75, 3.05) is 6.54 Å². The maximum atomic E-state index is 11.8. The molecule has 2 heterocycles. The van der Waals surface area contributed by atoms with Gasteiger partial charge in [-0.1, -0.05) is 6.42 Å². The molecular weight excluding hydrogens is 240 g/mol. The van der Waals surface area contributed by atoms with E-state index >= 15 is 0 Å². The van der Waals surface area contributed by atoms with Gasteiger partial charge in [-0.15, -0.1) is 12.4 Å². The van der Waals surface area contributed by atoms with Crippen LogP contribution in [0.3, 0.4) is 0 Å². The van der Waals surface area contributed by atoms with Gasteiger partial charge in [-0.3, -0.25) is 9.48 Å². The lowest BCUT2D eigenvalue weighted by atomic mass is 10.0. The van der Waals surface area contributed by atoms with Crippen LogP contribution in [0.25, 0.3) is 0 Å². The SMILES string of the molecule is Cl.Cn1nccc1CNC(=O)[C@H]1CCCCN1. The van der Waals surface area contributed by atoms with Crippen LogP contribution in [-0.2, 0) is 18.4 Å². The Morgan fingerprint density at radius 3 is 3.06 bits per heavy atom. The Balaban J connectivity index is 0.00000144. The van der Waals surface area contributed by atoms with E-state index in [-0.39, 0.29) is 24.4 Å². The third-order valence-electron chi connectivity index (χ3n) is 2.99. The van der Waals surface area contributed by atoms with Crippen molar-refractivity contribution in [1.82, 2.24) is 20.4 Å². The first-order valence-corrected chi connectivity index (χ1v) is 5.75. The summed E-state index contributed by atoms with van der Waals surface area (Å²) in [6, 6.07) is 1.90. The van der Waals surface area contributed by atoms with E-state index in [4.69, 9.17) is 0 Å². The van der Waals surface area contributed by atoms with E-state index in [1.807, 2.05) is 13.1 Å². The number of carbonyl (C=O) groups is 1. The lowest BCUT2D eigenvalue weighted by Crippen LogP contribution is -2.46. The molecule has 0 aliphatic carbocycles. The van der Waals surface area contributed by atoms with Crippen molar-refractivity contribution in [1.29, 1.82) is 0 Å². The van der Waals surface area contributed by atoms with Crippen molar-refractivity contribution in [2.24, 2.45) is 7.05 Å². The smallest absolute Gasteiger partial charge is 0.237 e. The minimum Gasteiger partial charge on any atom is -0.349 e. The molecule has 1 aliphatic rings. The summed E-state index contributed by atoms with van der Waals surface area (Å²) >= 11 is 0. The fourth-order valence-corrected chi connectivity index (χ4v) is 1.95. The van der Waals surface area contributed by atoms with Gasteiger partial charge in [-0.25, -0.2) is 0 Å². The highest BCUT2D eigenvalue weighted by Gasteiger charge is 2.19. The van der Waals surface area contributed by atoms with Crippen molar-refractivity contribution >= 4 is 18.3 Å². The van der Waals surface area contributed by atoms with E-state index in [9.17, 15) is 4.79 Å². The molecule has 2 N–H and O–H groups in total. The number of nitrogens with one attached hydrogen (secondary N) is 2. The second kappa shape index (κ2) is 6.61. The van der Waals surface area contributed by atoms with Gasteiger partial charge in [0.2, 0.25) is 5.91 Å². The number of halogens is 1. The molecule has 6 heteroatoms. The van der Waals surface area contributed by atoms with Crippen molar-refractivity contribution in [3.63, 3.8) is 0 Å². The van der Waals surface area contributed by atoms with E-state index in [1.165, 1.54) is 6.42 Å². The van der Waals surface area contributed by atoms with Gasteiger partial charge < -0.3 is 10.6 Å². The number of hydrogen-bond donors (Lipinski definition) is 2. The second-order valence-electron chi connectivity index (χ2n) is 4.17. The molecule has 1 aromatic heterocycles. The summed E-state index contributed by atoms with van der Waals surface area (Å²) in [7, 11) is 1.88. The van der Waals surface area contributed by atoms with Crippen LogP contribution in [0.15, 0.2) is 12.3 Å². The van der Waals surface area contributed by atoms with Gasteiger partial charge in [0.25, 0.3) is 0 Å². The summed E-state index contributed by atoms with van der Waals surface area (Å²) in [5.41, 5.74) is 1.02. The zero-order valence-electron chi connectivity index (χ0n) is 9.98. The van der Waals surface area contributed by atoms with Crippen LogP contribution in [-0.4, -0.2) is 28.3 Å². The molecule has 96 valence electrons. The maximum Gasteiger partial charge on any atom is 0.237 e. The fourth-order valence-electron chi connectivity index (χ4n) is 1.95. The Hall–Kier alpha value is -1.07. The van der Waals surface area contributed by atoms with Gasteiger partial charge in [0, 0.05) is 13.2 Å². The van der Waals surface area contributed by atoms with E-state index in [0.29, 0.717) is 6.54 Å². The normalized spacial score (nSPS) is 19.5. The minimum absolute atomic E-state index is 0. The standard InChI is InChI=1S/C11H18N4O.ClH/c1-15-9(5-7-14-15)8-13-11(16)10-4-2-3-6-12-10;/h5,7,10,12H,2-4,6,8H2,1H3,(H,13,16);1H/t10-;/m1./s1. The number of piperidine rings is 1. The summed E-state index contributed by atoms with van der Waals surface area (Å²) in [5.74, 6) is 0.0981. The lowest BCUT2D eigenvalue weighted by Gasteiger charge is -2.22. The topological polar surface area (TPSA) is 59.0 Å². The van der Waals surface area contributed by atoms with Gasteiger partial charge in [0.15, 0.2) is 0 Å². The quantitative estimate of drug-likeness (QED) is 0.835. The summed E-state index contributed by atoms with van der Waals surface area (Å²) in [5, 5.41) is 10.2. The number of aromatic nitrogens is 2. The van der Waals surface area contributed by atoms with Crippen LogP contribution in [0.4, 0.5) is 0 Å². The highest BCUT2D eigenvalue weighted by molar-refractivity contribution is 5.85. The highest BCUT2D eigenvalue weighted by Crippen LogP contribution is 2.07. The van der Waals surface area contributed by atoms with Gasteiger partial charge in [0.05, 0.1) is 18.3 Å². The second-order valence-corrected chi connectivity index (χ2v) is 4.17. The predicted molar refractivity (Wildman–Crippen MR) is 67.9 cm³/mol. The van der Waals surface area contributed by atoms with Crippen LogP contribution in [0.2, 0.25) is 0 Å². The summed E-state index contributed by atoms with van der Waals surface area (Å²) in [6.07, 6.45) is 4.99. The molecule has 1 fully saturated rings. The molecule has 17 heavy (non-hydrogen) atoms. The Kier molecular flexibility index (Phi) is 5.44. The monoisotopic (exact) mass is 258 g/mol. The summed E-state index contributed by atoms with van der Waals surface area (Å²) in [6.45, 7) is 1.50. The summed E-state index contributed by atoms with van der Waals surface area (Å²) < 4.78 is 1.77. The Bertz CT molecular complexity index is 360. The van der Waals surface area contributed by atoms with Crippen molar-refractivity contribution in [2.45, 2.75) is 31.8 Å². The number of hydrogen-bond acceptors (Lipinski definition) is 3. The van der Waals surface area contributed by atoms with Crippen LogP contribution in [0.5, 0.6) is 0 Å². The molecule has 0 saturated carbocycles. The third-order valence-corrected chi connectivity index (χ3v) is 2.99. The van der Waals surface area contributed by atoms with Gasteiger partial charge in [-0.05, 0) is 25.5 Å². The van der Waals surface area contributed by atoms with Gasteiger partial charge in [0.1, 0.15) is 0 Å². The molecule has 1 amide bonds.